The second-order valence-corrected chi connectivity index (χ2v) is 4.92. The molecule has 0 spiro atoms. The summed E-state index contributed by atoms with van der Waals surface area (Å²) in [5, 5.41) is 0.876. The second-order valence-electron chi connectivity index (χ2n) is 4.92. The van der Waals surface area contributed by atoms with Crippen LogP contribution in [0, 0.1) is 6.92 Å². The van der Waals surface area contributed by atoms with E-state index in [2.05, 4.69) is 29.9 Å². The van der Waals surface area contributed by atoms with Gasteiger partial charge in [-0.15, -0.1) is 0 Å². The first-order chi connectivity index (χ1) is 11.3. The number of ether oxygens (including phenoxy) is 1. The van der Waals surface area contributed by atoms with Gasteiger partial charge in [0.25, 0.3) is 0 Å². The van der Waals surface area contributed by atoms with Crippen LogP contribution >= 0.6 is 0 Å². The summed E-state index contributed by atoms with van der Waals surface area (Å²) in [6, 6.07) is 5.74. The number of nitrogens with zero attached hydrogens (tertiary/aromatic N) is 5. The Kier molecular flexibility index (Phi) is 3.16. The second kappa shape index (κ2) is 5.45. The van der Waals surface area contributed by atoms with Crippen molar-refractivity contribution >= 4 is 11.0 Å². The molecule has 1 N–H and O–H groups in total. The summed E-state index contributed by atoms with van der Waals surface area (Å²) < 4.78 is 5.82. The fraction of sp³-hybridized carbons (Fsp3) is 0.0625. The zero-order chi connectivity index (χ0) is 15.6. The third kappa shape index (κ3) is 2.48. The van der Waals surface area contributed by atoms with E-state index in [1.807, 2.05) is 25.3 Å². The molecular formula is C16H12N6O. The molecule has 112 valence electrons. The third-order valence-corrected chi connectivity index (χ3v) is 3.36. The highest BCUT2D eigenvalue weighted by Gasteiger charge is 2.14. The topological polar surface area (TPSA) is 89.5 Å². The van der Waals surface area contributed by atoms with Crippen LogP contribution in [0.5, 0.6) is 11.8 Å². The highest BCUT2D eigenvalue weighted by atomic mass is 16.5. The zero-order valence-electron chi connectivity index (χ0n) is 12.3. The minimum atomic E-state index is 0.287. The summed E-state index contributed by atoms with van der Waals surface area (Å²) in [5.74, 6) is 0.572. The van der Waals surface area contributed by atoms with Gasteiger partial charge in [0.1, 0.15) is 17.7 Å². The number of H-pyrrole nitrogens is 1. The summed E-state index contributed by atoms with van der Waals surface area (Å²) in [4.78, 5) is 24.2. The molecule has 0 aromatic carbocycles. The Balaban J connectivity index is 1.81. The van der Waals surface area contributed by atoms with Crippen molar-refractivity contribution in [3.8, 4) is 23.0 Å². The van der Waals surface area contributed by atoms with E-state index in [0.717, 1.165) is 22.3 Å². The first kappa shape index (κ1) is 13.3. The zero-order valence-corrected chi connectivity index (χ0v) is 12.3. The number of hydrogen-bond donors (Lipinski definition) is 1. The minimum absolute atomic E-state index is 0.287. The molecule has 0 saturated heterocycles. The molecule has 0 bridgehead atoms. The fourth-order valence-corrected chi connectivity index (χ4v) is 2.30. The molecule has 4 rings (SSSR count). The lowest BCUT2D eigenvalue weighted by Crippen LogP contribution is -1.95. The van der Waals surface area contributed by atoms with Crippen LogP contribution in [0.2, 0.25) is 0 Å². The van der Waals surface area contributed by atoms with Crippen molar-refractivity contribution in [2.75, 3.05) is 0 Å². The van der Waals surface area contributed by atoms with Gasteiger partial charge in [0.05, 0.1) is 0 Å². The molecule has 4 aromatic rings. The molecule has 4 heterocycles. The Morgan fingerprint density at radius 1 is 1.09 bits per heavy atom. The number of aryl methyl sites for hydroxylation is 1. The van der Waals surface area contributed by atoms with Gasteiger partial charge in [0, 0.05) is 41.4 Å². The highest BCUT2D eigenvalue weighted by Crippen LogP contribution is 2.33. The van der Waals surface area contributed by atoms with E-state index in [-0.39, 0.29) is 6.01 Å². The maximum atomic E-state index is 5.82. The van der Waals surface area contributed by atoms with Crippen LogP contribution in [0.4, 0.5) is 0 Å². The van der Waals surface area contributed by atoms with Crippen molar-refractivity contribution < 1.29 is 4.74 Å². The molecule has 7 nitrogen and oxygen atoms in total. The van der Waals surface area contributed by atoms with E-state index in [1.165, 1.54) is 6.33 Å². The van der Waals surface area contributed by atoms with Crippen LogP contribution in [0.3, 0.4) is 0 Å². The normalized spacial score (nSPS) is 10.8. The maximum absolute atomic E-state index is 5.82. The summed E-state index contributed by atoms with van der Waals surface area (Å²) >= 11 is 0. The van der Waals surface area contributed by atoms with E-state index >= 15 is 0 Å². The molecule has 0 atom stereocenters. The Bertz CT molecular complexity index is 981. The van der Waals surface area contributed by atoms with Crippen LogP contribution in [-0.4, -0.2) is 29.9 Å². The number of aromatic nitrogens is 6. The van der Waals surface area contributed by atoms with Crippen LogP contribution in [0.1, 0.15) is 5.69 Å². The van der Waals surface area contributed by atoms with E-state index < -0.39 is 0 Å². The molecular weight excluding hydrogens is 292 g/mol. The summed E-state index contributed by atoms with van der Waals surface area (Å²) in [6.07, 6.45) is 8.45. The molecule has 0 aliphatic heterocycles. The fourth-order valence-electron chi connectivity index (χ4n) is 2.30. The van der Waals surface area contributed by atoms with Crippen molar-refractivity contribution in [3.63, 3.8) is 0 Å². The Hall–Kier alpha value is -3.35. The molecule has 0 radical (unpaired) electrons. The largest absolute Gasteiger partial charge is 0.422 e. The van der Waals surface area contributed by atoms with Crippen LogP contribution in [0.15, 0.2) is 49.3 Å². The molecule has 0 saturated carbocycles. The number of pyridine rings is 1. The average Bonchev–Trinajstić information content (AvgIpc) is 2.99. The lowest BCUT2D eigenvalue weighted by molar-refractivity contribution is 0.440. The summed E-state index contributed by atoms with van der Waals surface area (Å²) in [5.41, 5.74) is 3.13. The third-order valence-electron chi connectivity index (χ3n) is 3.36. The summed E-state index contributed by atoms with van der Waals surface area (Å²) in [7, 11) is 0. The molecule has 0 amide bonds. The Morgan fingerprint density at radius 3 is 2.96 bits per heavy atom. The number of aromatic amines is 1. The van der Waals surface area contributed by atoms with Crippen LogP contribution < -0.4 is 4.74 Å². The Morgan fingerprint density at radius 2 is 2.04 bits per heavy atom. The van der Waals surface area contributed by atoms with Gasteiger partial charge in [0.2, 0.25) is 0 Å². The van der Waals surface area contributed by atoms with Crippen LogP contribution in [0.25, 0.3) is 22.3 Å². The number of fused-ring (bicyclic) bond motifs is 1. The lowest BCUT2D eigenvalue weighted by Gasteiger charge is -2.08. The van der Waals surface area contributed by atoms with Gasteiger partial charge in [0.15, 0.2) is 5.75 Å². The molecule has 0 aliphatic rings. The lowest BCUT2D eigenvalue weighted by atomic mass is 10.1. The van der Waals surface area contributed by atoms with Crippen molar-refractivity contribution in [1.29, 1.82) is 0 Å². The molecule has 7 heteroatoms. The Labute approximate surface area is 131 Å². The number of nitrogens with one attached hydrogen (secondary N) is 1. The molecule has 23 heavy (non-hydrogen) atoms. The van der Waals surface area contributed by atoms with Gasteiger partial charge in [-0.05, 0) is 25.1 Å². The molecule has 0 unspecified atom stereocenters. The quantitative estimate of drug-likeness (QED) is 0.626. The van der Waals surface area contributed by atoms with Crippen LogP contribution in [-0.2, 0) is 0 Å². The first-order valence-electron chi connectivity index (χ1n) is 7.01. The van der Waals surface area contributed by atoms with Crippen molar-refractivity contribution in [2.45, 2.75) is 6.92 Å². The predicted octanol–water partition coefficient (Wildman–Crippen LogP) is 2.91. The van der Waals surface area contributed by atoms with E-state index in [1.54, 1.807) is 24.7 Å². The predicted molar refractivity (Wildman–Crippen MR) is 84.0 cm³/mol. The van der Waals surface area contributed by atoms with Gasteiger partial charge in [-0.25, -0.2) is 19.9 Å². The average molecular weight is 304 g/mol. The number of hydrogen-bond acceptors (Lipinski definition) is 6. The van der Waals surface area contributed by atoms with Gasteiger partial charge in [-0.3, -0.25) is 4.98 Å². The van der Waals surface area contributed by atoms with E-state index in [9.17, 15) is 0 Å². The van der Waals surface area contributed by atoms with Gasteiger partial charge in [-0.2, -0.15) is 0 Å². The molecule has 0 aliphatic carbocycles. The van der Waals surface area contributed by atoms with Crippen molar-refractivity contribution in [1.82, 2.24) is 29.9 Å². The minimum Gasteiger partial charge on any atom is -0.422 e. The standard InChI is InChI=1S/C16H12N6O/c1-10-4-6-19-16(22-10)23-13-3-2-5-18-14(13)11-8-20-15-12(11)7-17-9-21-15/h2-9H,1H3,(H,17,20,21). The van der Waals surface area contributed by atoms with Crippen molar-refractivity contribution in [2.24, 2.45) is 0 Å². The van der Waals surface area contributed by atoms with E-state index in [0.29, 0.717) is 11.4 Å². The smallest absolute Gasteiger partial charge is 0.322 e. The SMILES string of the molecule is Cc1ccnc(Oc2cccnc2-c2c[nH]c3ncncc23)n1. The highest BCUT2D eigenvalue weighted by molar-refractivity contribution is 5.93. The summed E-state index contributed by atoms with van der Waals surface area (Å²) in [6.45, 7) is 1.88. The maximum Gasteiger partial charge on any atom is 0.322 e. The molecule has 0 fully saturated rings. The monoisotopic (exact) mass is 304 g/mol. The van der Waals surface area contributed by atoms with Gasteiger partial charge in [-0.1, -0.05) is 0 Å². The first-order valence-corrected chi connectivity index (χ1v) is 7.01. The van der Waals surface area contributed by atoms with Gasteiger partial charge < -0.3 is 9.72 Å². The van der Waals surface area contributed by atoms with Crippen molar-refractivity contribution in [3.05, 3.63) is 55.0 Å². The van der Waals surface area contributed by atoms with Gasteiger partial charge >= 0.3 is 6.01 Å². The number of rotatable bonds is 3. The van der Waals surface area contributed by atoms with E-state index in [4.69, 9.17) is 4.74 Å². The molecule has 4 aromatic heterocycles.